The van der Waals surface area contributed by atoms with Crippen molar-refractivity contribution in [1.82, 2.24) is 0 Å². The number of carbonyl (C=O) groups excluding carboxylic acids is 2. The maximum atomic E-state index is 12.3. The Kier molecular flexibility index (Phi) is 7.12. The molecule has 2 aromatic rings. The lowest BCUT2D eigenvalue weighted by Gasteiger charge is -2.14. The summed E-state index contributed by atoms with van der Waals surface area (Å²) in [6.07, 6.45) is 1.56. The summed E-state index contributed by atoms with van der Waals surface area (Å²) in [4.78, 5) is 27.9. The normalized spacial score (nSPS) is 14.3. The van der Waals surface area contributed by atoms with Gasteiger partial charge in [0.2, 0.25) is 5.90 Å². The van der Waals surface area contributed by atoms with E-state index < -0.39 is 11.9 Å². The van der Waals surface area contributed by atoms with Gasteiger partial charge in [0.25, 0.3) is 0 Å². The van der Waals surface area contributed by atoms with E-state index in [4.69, 9.17) is 25.8 Å². The maximum Gasteiger partial charge on any atom is 0.363 e. The lowest BCUT2D eigenvalue weighted by atomic mass is 10.1. The van der Waals surface area contributed by atoms with Crippen LogP contribution in [0, 0.1) is 0 Å². The number of benzene rings is 2. The van der Waals surface area contributed by atoms with Crippen molar-refractivity contribution in [2.75, 3.05) is 20.3 Å². The van der Waals surface area contributed by atoms with Gasteiger partial charge in [0.05, 0.1) is 28.8 Å². The number of esters is 2. The molecule has 1 aliphatic rings. The molecule has 1 aliphatic heterocycles. The number of cyclic esters (lactones) is 1. The highest BCUT2D eigenvalue weighted by molar-refractivity contribution is 9.10. The molecule has 7 nitrogen and oxygen atoms in total. The summed E-state index contributed by atoms with van der Waals surface area (Å²) in [7, 11) is 1.28. The second-order valence-electron chi connectivity index (χ2n) is 5.94. The Labute approximate surface area is 186 Å². The molecule has 0 spiro atoms. The summed E-state index contributed by atoms with van der Waals surface area (Å²) >= 11 is 9.56. The fraction of sp³-hybridized carbons (Fsp3) is 0.190. The number of nitrogens with zero attached hydrogens (tertiary/aromatic N) is 1. The largest absolute Gasteiger partial charge is 0.490 e. The first-order valence-corrected chi connectivity index (χ1v) is 10.0. The number of ether oxygens (including phenoxy) is 4. The third-order valence-corrected chi connectivity index (χ3v) is 4.84. The molecule has 0 atom stereocenters. The average molecular weight is 495 g/mol. The van der Waals surface area contributed by atoms with E-state index in [2.05, 4.69) is 25.7 Å². The number of rotatable bonds is 7. The number of halogens is 2. The van der Waals surface area contributed by atoms with E-state index >= 15 is 0 Å². The summed E-state index contributed by atoms with van der Waals surface area (Å²) in [5.74, 6) is -0.238. The first-order valence-electron chi connectivity index (χ1n) is 8.86. The number of hydrogen-bond acceptors (Lipinski definition) is 7. The fourth-order valence-electron chi connectivity index (χ4n) is 2.58. The van der Waals surface area contributed by atoms with E-state index in [1.165, 1.54) is 7.11 Å². The van der Waals surface area contributed by atoms with E-state index in [1.807, 2.05) is 6.92 Å². The predicted octanol–water partition coefficient (Wildman–Crippen LogP) is 4.40. The zero-order valence-corrected chi connectivity index (χ0v) is 18.5. The highest BCUT2D eigenvalue weighted by atomic mass is 79.9. The van der Waals surface area contributed by atoms with Gasteiger partial charge in [-0.1, -0.05) is 23.7 Å². The standard InChI is InChI=1S/C21H17BrClNO6/c1-3-28-17-10-12(8-14(22)19(17)29-11-18(25)27-2)9-16-21(26)30-20(24-16)13-6-4-5-7-15(13)23/h4-10H,3,11H2,1-2H3/b16-9-. The second kappa shape index (κ2) is 9.77. The molecule has 0 saturated heterocycles. The summed E-state index contributed by atoms with van der Waals surface area (Å²) in [5, 5.41) is 0.429. The first kappa shape index (κ1) is 21.9. The van der Waals surface area contributed by atoms with Gasteiger partial charge in [0.15, 0.2) is 23.8 Å². The maximum absolute atomic E-state index is 12.3. The minimum absolute atomic E-state index is 0.113. The molecule has 0 aliphatic carbocycles. The highest BCUT2D eigenvalue weighted by Crippen LogP contribution is 2.38. The zero-order valence-electron chi connectivity index (χ0n) is 16.1. The molecular weight excluding hydrogens is 478 g/mol. The van der Waals surface area contributed by atoms with Crippen molar-refractivity contribution >= 4 is 51.4 Å². The van der Waals surface area contributed by atoms with Crippen molar-refractivity contribution in [2.24, 2.45) is 4.99 Å². The molecule has 156 valence electrons. The molecule has 0 N–H and O–H groups in total. The van der Waals surface area contributed by atoms with E-state index in [0.29, 0.717) is 38.7 Å². The number of methoxy groups -OCH3 is 1. The number of aliphatic imine (C=N–C) groups is 1. The molecule has 1 heterocycles. The topological polar surface area (TPSA) is 83.4 Å². The van der Waals surface area contributed by atoms with Crippen LogP contribution in [0.15, 0.2) is 51.6 Å². The van der Waals surface area contributed by atoms with Crippen molar-refractivity contribution in [2.45, 2.75) is 6.92 Å². The molecule has 0 radical (unpaired) electrons. The van der Waals surface area contributed by atoms with Crippen LogP contribution in [0.1, 0.15) is 18.1 Å². The van der Waals surface area contributed by atoms with Gasteiger partial charge in [-0.05, 0) is 58.8 Å². The molecule has 3 rings (SSSR count). The summed E-state index contributed by atoms with van der Waals surface area (Å²) in [6.45, 7) is 1.92. The lowest BCUT2D eigenvalue weighted by molar-refractivity contribution is -0.143. The zero-order chi connectivity index (χ0) is 21.7. The molecule has 0 fully saturated rings. The molecule has 0 bridgehead atoms. The van der Waals surface area contributed by atoms with Crippen LogP contribution in [0.25, 0.3) is 6.08 Å². The molecule has 0 saturated carbocycles. The minimum atomic E-state index is -0.593. The SMILES string of the molecule is CCOc1cc(/C=C2\N=C(c3ccccc3Cl)OC2=O)cc(Br)c1OCC(=O)OC. The smallest absolute Gasteiger partial charge is 0.363 e. The van der Waals surface area contributed by atoms with Gasteiger partial charge >= 0.3 is 11.9 Å². The Balaban J connectivity index is 1.93. The molecule has 2 aromatic carbocycles. The van der Waals surface area contributed by atoms with Crippen LogP contribution >= 0.6 is 27.5 Å². The number of carbonyl (C=O) groups is 2. The molecule has 0 amide bonds. The van der Waals surface area contributed by atoms with Gasteiger partial charge in [-0.15, -0.1) is 0 Å². The third kappa shape index (κ3) is 5.01. The van der Waals surface area contributed by atoms with Crippen LogP contribution in [0.2, 0.25) is 5.02 Å². The summed E-state index contributed by atoms with van der Waals surface area (Å²) in [5.41, 5.74) is 1.26. The number of hydrogen-bond donors (Lipinski definition) is 0. The Morgan fingerprint density at radius 2 is 2.03 bits per heavy atom. The monoisotopic (exact) mass is 493 g/mol. The van der Waals surface area contributed by atoms with Crippen LogP contribution in [-0.2, 0) is 19.1 Å². The van der Waals surface area contributed by atoms with Gasteiger partial charge in [-0.2, -0.15) is 0 Å². The summed E-state index contributed by atoms with van der Waals surface area (Å²) in [6, 6.07) is 10.3. The van der Waals surface area contributed by atoms with Crippen molar-refractivity contribution in [3.8, 4) is 11.5 Å². The molecule has 0 aromatic heterocycles. The van der Waals surface area contributed by atoms with Crippen LogP contribution in [-0.4, -0.2) is 38.2 Å². The van der Waals surface area contributed by atoms with E-state index in [-0.39, 0.29) is 18.2 Å². The van der Waals surface area contributed by atoms with Gasteiger partial charge in [-0.25, -0.2) is 14.6 Å². The third-order valence-electron chi connectivity index (χ3n) is 3.92. The second-order valence-corrected chi connectivity index (χ2v) is 7.21. The Morgan fingerprint density at radius 1 is 1.27 bits per heavy atom. The molecule has 0 unspecified atom stereocenters. The minimum Gasteiger partial charge on any atom is -0.490 e. The van der Waals surface area contributed by atoms with Crippen molar-refractivity contribution in [3.05, 3.63) is 62.7 Å². The Morgan fingerprint density at radius 3 is 2.73 bits per heavy atom. The van der Waals surface area contributed by atoms with Gasteiger partial charge < -0.3 is 18.9 Å². The molecular formula is C21H17BrClNO6. The van der Waals surface area contributed by atoms with Crippen molar-refractivity contribution in [3.63, 3.8) is 0 Å². The highest BCUT2D eigenvalue weighted by Gasteiger charge is 2.26. The van der Waals surface area contributed by atoms with E-state index in [0.717, 1.165) is 0 Å². The molecule has 30 heavy (non-hydrogen) atoms. The average Bonchev–Trinajstić information content (AvgIpc) is 3.07. The Bertz CT molecular complexity index is 1050. The first-order chi connectivity index (χ1) is 14.4. The fourth-order valence-corrected chi connectivity index (χ4v) is 3.37. The van der Waals surface area contributed by atoms with Crippen LogP contribution in [0.4, 0.5) is 0 Å². The van der Waals surface area contributed by atoms with Crippen LogP contribution in [0.5, 0.6) is 11.5 Å². The van der Waals surface area contributed by atoms with E-state index in [9.17, 15) is 9.59 Å². The van der Waals surface area contributed by atoms with Crippen LogP contribution < -0.4 is 9.47 Å². The lowest BCUT2D eigenvalue weighted by Crippen LogP contribution is -2.13. The van der Waals surface area contributed by atoms with Gasteiger partial charge in [-0.3, -0.25) is 0 Å². The van der Waals surface area contributed by atoms with Crippen LogP contribution in [0.3, 0.4) is 0 Å². The quantitative estimate of drug-likeness (QED) is 0.419. The molecule has 9 heteroatoms. The van der Waals surface area contributed by atoms with Gasteiger partial charge in [0, 0.05) is 0 Å². The van der Waals surface area contributed by atoms with E-state index in [1.54, 1.807) is 42.5 Å². The predicted molar refractivity (Wildman–Crippen MR) is 115 cm³/mol. The van der Waals surface area contributed by atoms with Gasteiger partial charge in [0.1, 0.15) is 0 Å². The Hall–Kier alpha value is -2.84. The van der Waals surface area contributed by atoms with Crippen molar-refractivity contribution < 1.29 is 28.5 Å². The van der Waals surface area contributed by atoms with Crippen molar-refractivity contribution in [1.29, 1.82) is 0 Å². The summed E-state index contributed by atoms with van der Waals surface area (Å²) < 4.78 is 21.5.